The van der Waals surface area contributed by atoms with E-state index in [-0.39, 0.29) is 0 Å². The van der Waals surface area contributed by atoms with Crippen LogP contribution in [0.1, 0.15) is 32.2 Å². The lowest BCUT2D eigenvalue weighted by Gasteiger charge is -2.10. The van der Waals surface area contributed by atoms with Gasteiger partial charge in [0.05, 0.1) is 5.69 Å². The topological polar surface area (TPSA) is 38.1 Å². The van der Waals surface area contributed by atoms with Crippen LogP contribution < -0.4 is 0 Å². The second-order valence-corrected chi connectivity index (χ2v) is 3.43. The molecule has 0 atom stereocenters. The Bertz CT molecular complexity index is 307. The van der Waals surface area contributed by atoms with Crippen LogP contribution >= 0.6 is 0 Å². The average Bonchev–Trinajstić information content (AvgIpc) is 2.69. The lowest BCUT2D eigenvalue weighted by atomic mass is 10.3. The van der Waals surface area contributed by atoms with Crippen LogP contribution in [0.5, 0.6) is 0 Å². The van der Waals surface area contributed by atoms with Crippen LogP contribution in [0.3, 0.4) is 0 Å². The Balaban J connectivity index is 0.00000106. The van der Waals surface area contributed by atoms with E-state index in [2.05, 4.69) is 18.1 Å². The molecule has 4 heteroatoms. The molecule has 1 aromatic rings. The van der Waals surface area contributed by atoms with Crippen LogP contribution in [0.4, 0.5) is 0 Å². The van der Waals surface area contributed by atoms with Gasteiger partial charge in [-0.2, -0.15) is 5.10 Å². The summed E-state index contributed by atoms with van der Waals surface area (Å²) < 4.78 is 1.98. The zero-order chi connectivity index (χ0) is 12.6. The van der Waals surface area contributed by atoms with Crippen molar-refractivity contribution >= 4 is 6.41 Å². The smallest absolute Gasteiger partial charge is 0.209 e. The van der Waals surface area contributed by atoms with Crippen molar-refractivity contribution in [3.8, 4) is 0 Å². The number of aromatic nitrogens is 2. The first kappa shape index (κ1) is 14.7. The van der Waals surface area contributed by atoms with Crippen LogP contribution in [-0.2, 0) is 17.8 Å². The normalized spacial score (nSPS) is 9.31. The molecule has 0 unspecified atom stereocenters. The summed E-state index contributed by atoms with van der Waals surface area (Å²) in [6.45, 7) is 9.68. The Morgan fingerprint density at radius 1 is 1.50 bits per heavy atom. The maximum atomic E-state index is 10.4. The van der Waals surface area contributed by atoms with Crippen molar-refractivity contribution in [2.45, 2.75) is 40.7 Å². The largest absolute Gasteiger partial charge is 0.348 e. The third kappa shape index (κ3) is 4.47. The maximum Gasteiger partial charge on any atom is 0.209 e. The molecular formula is C12H23N3O. The summed E-state index contributed by atoms with van der Waals surface area (Å²) in [5.74, 6) is 0. The first-order valence-corrected chi connectivity index (χ1v) is 5.86. The van der Waals surface area contributed by atoms with Gasteiger partial charge in [-0.15, -0.1) is 0 Å². The molecule has 1 amide bonds. The van der Waals surface area contributed by atoms with Crippen LogP contribution in [-0.4, -0.2) is 34.7 Å². The minimum absolute atomic E-state index is 0.745. The van der Waals surface area contributed by atoms with E-state index in [1.807, 2.05) is 25.5 Å². The standard InChI is InChI=1S/C10H17N3O.C2H6/c1-4-13-10(7-9(2)11-13)5-6-12(3)8-14;1-2/h7-8H,4-6H2,1-3H3;1-2H3. The van der Waals surface area contributed by atoms with Crippen LogP contribution in [0.2, 0.25) is 0 Å². The van der Waals surface area contributed by atoms with Crippen molar-refractivity contribution in [1.82, 2.24) is 14.7 Å². The number of hydrogen-bond donors (Lipinski definition) is 0. The molecule has 0 aliphatic carbocycles. The van der Waals surface area contributed by atoms with E-state index in [0.717, 1.165) is 31.6 Å². The van der Waals surface area contributed by atoms with Crippen LogP contribution in [0.25, 0.3) is 0 Å². The SMILES string of the molecule is CC.CCn1nc(C)cc1CCN(C)C=O. The van der Waals surface area contributed by atoms with E-state index in [9.17, 15) is 4.79 Å². The van der Waals surface area contributed by atoms with Gasteiger partial charge in [0.1, 0.15) is 0 Å². The molecule has 0 aliphatic heterocycles. The first-order chi connectivity index (χ1) is 7.67. The van der Waals surface area contributed by atoms with E-state index in [0.29, 0.717) is 0 Å². The first-order valence-electron chi connectivity index (χ1n) is 5.86. The minimum Gasteiger partial charge on any atom is -0.348 e. The predicted octanol–water partition coefficient (Wildman–Crippen LogP) is 1.87. The summed E-state index contributed by atoms with van der Waals surface area (Å²) in [6.07, 6.45) is 1.71. The molecule has 1 rings (SSSR count). The highest BCUT2D eigenvalue weighted by Gasteiger charge is 2.04. The molecule has 16 heavy (non-hydrogen) atoms. The number of amides is 1. The highest BCUT2D eigenvalue weighted by atomic mass is 16.1. The number of carbonyl (C=O) groups excluding carboxylic acids is 1. The zero-order valence-corrected chi connectivity index (χ0v) is 11.0. The van der Waals surface area contributed by atoms with Crippen LogP contribution in [0, 0.1) is 6.92 Å². The lowest BCUT2D eigenvalue weighted by Crippen LogP contribution is -2.20. The van der Waals surface area contributed by atoms with Gasteiger partial charge >= 0.3 is 0 Å². The molecule has 0 fully saturated rings. The minimum atomic E-state index is 0.745. The van der Waals surface area contributed by atoms with Gasteiger partial charge in [-0.25, -0.2) is 0 Å². The second-order valence-electron chi connectivity index (χ2n) is 3.43. The van der Waals surface area contributed by atoms with Gasteiger partial charge in [-0.1, -0.05) is 13.8 Å². The summed E-state index contributed by atoms with van der Waals surface area (Å²) in [6, 6.07) is 2.07. The van der Waals surface area contributed by atoms with Crippen molar-refractivity contribution in [2.75, 3.05) is 13.6 Å². The molecule has 92 valence electrons. The van der Waals surface area contributed by atoms with Crippen molar-refractivity contribution in [2.24, 2.45) is 0 Å². The Morgan fingerprint density at radius 2 is 2.12 bits per heavy atom. The molecule has 0 N–H and O–H groups in total. The van der Waals surface area contributed by atoms with Gasteiger partial charge < -0.3 is 4.90 Å². The zero-order valence-electron chi connectivity index (χ0n) is 11.0. The number of hydrogen-bond acceptors (Lipinski definition) is 2. The van der Waals surface area contributed by atoms with E-state index < -0.39 is 0 Å². The number of aryl methyl sites for hydroxylation is 2. The Kier molecular flexibility index (Phi) is 7.25. The van der Waals surface area contributed by atoms with Gasteiger partial charge in [0.15, 0.2) is 0 Å². The fourth-order valence-electron chi connectivity index (χ4n) is 1.42. The lowest BCUT2D eigenvalue weighted by molar-refractivity contribution is -0.116. The third-order valence-corrected chi connectivity index (χ3v) is 2.19. The molecule has 0 saturated carbocycles. The highest BCUT2D eigenvalue weighted by molar-refractivity contribution is 5.46. The quantitative estimate of drug-likeness (QED) is 0.717. The van der Waals surface area contributed by atoms with Crippen molar-refractivity contribution in [3.05, 3.63) is 17.5 Å². The van der Waals surface area contributed by atoms with Gasteiger partial charge in [0.25, 0.3) is 0 Å². The Hall–Kier alpha value is -1.32. The third-order valence-electron chi connectivity index (χ3n) is 2.19. The summed E-state index contributed by atoms with van der Waals surface area (Å²) in [4.78, 5) is 12.0. The van der Waals surface area contributed by atoms with E-state index in [1.54, 1.807) is 11.9 Å². The summed E-state index contributed by atoms with van der Waals surface area (Å²) >= 11 is 0. The van der Waals surface area contributed by atoms with Gasteiger partial charge in [0, 0.05) is 32.3 Å². The van der Waals surface area contributed by atoms with Gasteiger partial charge in [-0.3, -0.25) is 9.48 Å². The monoisotopic (exact) mass is 225 g/mol. The molecular weight excluding hydrogens is 202 g/mol. The summed E-state index contributed by atoms with van der Waals surface area (Å²) in [5, 5.41) is 4.34. The number of carbonyl (C=O) groups is 1. The molecule has 0 bridgehead atoms. The summed E-state index contributed by atoms with van der Waals surface area (Å²) in [5.41, 5.74) is 2.23. The van der Waals surface area contributed by atoms with E-state index in [4.69, 9.17) is 0 Å². The highest BCUT2D eigenvalue weighted by Crippen LogP contribution is 2.04. The number of likely N-dealkylation sites (N-methyl/N-ethyl adjacent to an activating group) is 1. The van der Waals surface area contributed by atoms with Gasteiger partial charge in [-0.05, 0) is 19.9 Å². The Morgan fingerprint density at radius 3 is 2.62 bits per heavy atom. The second kappa shape index (κ2) is 7.91. The van der Waals surface area contributed by atoms with Crippen molar-refractivity contribution in [3.63, 3.8) is 0 Å². The van der Waals surface area contributed by atoms with E-state index >= 15 is 0 Å². The van der Waals surface area contributed by atoms with E-state index in [1.165, 1.54) is 5.69 Å². The molecule has 1 heterocycles. The molecule has 1 aromatic heterocycles. The number of nitrogens with zero attached hydrogens (tertiary/aromatic N) is 3. The average molecular weight is 225 g/mol. The molecule has 0 radical (unpaired) electrons. The van der Waals surface area contributed by atoms with Crippen molar-refractivity contribution < 1.29 is 4.79 Å². The molecule has 0 aliphatic rings. The maximum absolute atomic E-state index is 10.4. The molecule has 0 aromatic carbocycles. The Labute approximate surface area is 98.3 Å². The molecule has 0 saturated heterocycles. The molecule has 0 spiro atoms. The molecule has 4 nitrogen and oxygen atoms in total. The summed E-state index contributed by atoms with van der Waals surface area (Å²) in [7, 11) is 1.78. The predicted molar refractivity (Wildman–Crippen MR) is 66.4 cm³/mol. The van der Waals surface area contributed by atoms with Crippen LogP contribution in [0.15, 0.2) is 6.07 Å². The van der Waals surface area contributed by atoms with Gasteiger partial charge in [0.2, 0.25) is 6.41 Å². The fourth-order valence-corrected chi connectivity index (χ4v) is 1.42. The fraction of sp³-hybridized carbons (Fsp3) is 0.667. The van der Waals surface area contributed by atoms with Crippen molar-refractivity contribution in [1.29, 1.82) is 0 Å². The number of rotatable bonds is 5.